The molecule has 0 aliphatic carbocycles. The van der Waals surface area contributed by atoms with Crippen molar-refractivity contribution in [3.63, 3.8) is 0 Å². The summed E-state index contributed by atoms with van der Waals surface area (Å²) in [5.74, 6) is 0. The lowest BCUT2D eigenvalue weighted by Gasteiger charge is -1.99. The van der Waals surface area contributed by atoms with Gasteiger partial charge in [-0.3, -0.25) is 0 Å². The van der Waals surface area contributed by atoms with Crippen LogP contribution in [0.25, 0.3) is 43.6 Å². The largest absolute Gasteiger partial charge is 0.344 e. The first-order valence-electron chi connectivity index (χ1n) is 10.1. The second-order valence-corrected chi connectivity index (χ2v) is 7.76. The Labute approximate surface area is 173 Å². The lowest BCUT2D eigenvalue weighted by Crippen LogP contribution is -1.85. The summed E-state index contributed by atoms with van der Waals surface area (Å²) in [6, 6.07) is 29.5. The molecule has 30 heavy (non-hydrogen) atoms. The molecule has 0 atom stereocenters. The van der Waals surface area contributed by atoms with Gasteiger partial charge in [-0.25, -0.2) is 0 Å². The van der Waals surface area contributed by atoms with Crippen LogP contribution in [-0.2, 0) is 14.1 Å². The summed E-state index contributed by atoms with van der Waals surface area (Å²) in [5, 5.41) is 14.0. The standard InChI is InChI=1S/C26H20N4/c1-29-23-9-5-3-7-19(23)21-15-17(11-13-25(21)29)27-28-18-12-14-26-22(16-18)20-8-4-6-10-24(20)30(26)2/h3-16H,1-2H3. The first-order valence-corrected chi connectivity index (χ1v) is 10.1. The predicted octanol–water partition coefficient (Wildman–Crippen LogP) is 7.39. The smallest absolute Gasteiger partial charge is 0.0864 e. The monoisotopic (exact) mass is 388 g/mol. The van der Waals surface area contributed by atoms with Gasteiger partial charge in [-0.15, -0.1) is 0 Å². The maximum absolute atomic E-state index is 4.55. The highest BCUT2D eigenvalue weighted by molar-refractivity contribution is 6.09. The SMILES string of the molecule is Cn1c2ccccc2c2cc(N=Nc3ccc4c(c3)c3ccccc3n4C)ccc21. The molecule has 0 amide bonds. The second-order valence-electron chi connectivity index (χ2n) is 7.76. The molecule has 0 aliphatic rings. The van der Waals surface area contributed by atoms with Gasteiger partial charge in [0.2, 0.25) is 0 Å². The van der Waals surface area contributed by atoms with Gasteiger partial charge in [0.1, 0.15) is 0 Å². The van der Waals surface area contributed by atoms with Crippen LogP contribution in [0.3, 0.4) is 0 Å². The molecular formula is C26H20N4. The Balaban J connectivity index is 1.45. The first-order chi connectivity index (χ1) is 14.7. The summed E-state index contributed by atoms with van der Waals surface area (Å²) < 4.78 is 4.44. The van der Waals surface area contributed by atoms with Gasteiger partial charge in [-0.05, 0) is 48.5 Å². The number of hydrogen-bond acceptors (Lipinski definition) is 2. The van der Waals surface area contributed by atoms with Crippen LogP contribution in [0.2, 0.25) is 0 Å². The maximum atomic E-state index is 4.55. The number of rotatable bonds is 2. The summed E-state index contributed by atoms with van der Waals surface area (Å²) in [6.07, 6.45) is 0. The van der Waals surface area contributed by atoms with E-state index in [9.17, 15) is 0 Å². The molecule has 6 aromatic rings. The van der Waals surface area contributed by atoms with Crippen molar-refractivity contribution >= 4 is 55.0 Å². The molecule has 4 heteroatoms. The Bertz CT molecular complexity index is 1490. The van der Waals surface area contributed by atoms with E-state index in [2.05, 4.69) is 106 Å². The highest BCUT2D eigenvalue weighted by atomic mass is 15.1. The number of aromatic nitrogens is 2. The van der Waals surface area contributed by atoms with Gasteiger partial charge in [0.25, 0.3) is 0 Å². The van der Waals surface area contributed by atoms with E-state index in [-0.39, 0.29) is 0 Å². The van der Waals surface area contributed by atoms with E-state index in [0.29, 0.717) is 0 Å². The van der Waals surface area contributed by atoms with E-state index in [4.69, 9.17) is 0 Å². The van der Waals surface area contributed by atoms with Crippen molar-refractivity contribution in [3.05, 3.63) is 84.9 Å². The van der Waals surface area contributed by atoms with E-state index in [1.54, 1.807) is 0 Å². The highest BCUT2D eigenvalue weighted by Gasteiger charge is 2.09. The van der Waals surface area contributed by atoms with Gasteiger partial charge in [0, 0.05) is 57.7 Å². The molecule has 0 saturated heterocycles. The fraction of sp³-hybridized carbons (Fsp3) is 0.0769. The van der Waals surface area contributed by atoms with Crippen LogP contribution in [0, 0.1) is 0 Å². The van der Waals surface area contributed by atoms with Gasteiger partial charge in [-0.2, -0.15) is 10.2 Å². The number of nitrogens with zero attached hydrogens (tertiary/aromatic N) is 4. The van der Waals surface area contributed by atoms with E-state index >= 15 is 0 Å². The average molecular weight is 388 g/mol. The normalized spacial score (nSPS) is 12.2. The van der Waals surface area contributed by atoms with Crippen LogP contribution in [0.1, 0.15) is 0 Å². The van der Waals surface area contributed by atoms with Crippen molar-refractivity contribution in [3.8, 4) is 0 Å². The van der Waals surface area contributed by atoms with E-state index in [0.717, 1.165) is 11.4 Å². The summed E-state index contributed by atoms with van der Waals surface area (Å²) in [5.41, 5.74) is 6.57. The summed E-state index contributed by atoms with van der Waals surface area (Å²) in [7, 11) is 4.20. The van der Waals surface area contributed by atoms with Crippen molar-refractivity contribution in [1.29, 1.82) is 0 Å². The van der Waals surface area contributed by atoms with Crippen LogP contribution >= 0.6 is 0 Å². The number of benzene rings is 4. The molecule has 144 valence electrons. The molecule has 0 fully saturated rings. The minimum Gasteiger partial charge on any atom is -0.344 e. The zero-order chi connectivity index (χ0) is 20.2. The minimum atomic E-state index is 0.858. The minimum absolute atomic E-state index is 0.858. The van der Waals surface area contributed by atoms with Gasteiger partial charge in [-0.1, -0.05) is 36.4 Å². The zero-order valence-electron chi connectivity index (χ0n) is 16.9. The first kappa shape index (κ1) is 17.0. The van der Waals surface area contributed by atoms with E-state index < -0.39 is 0 Å². The molecule has 0 saturated carbocycles. The highest BCUT2D eigenvalue weighted by Crippen LogP contribution is 2.33. The molecule has 0 radical (unpaired) electrons. The van der Waals surface area contributed by atoms with Gasteiger partial charge in [0.15, 0.2) is 0 Å². The van der Waals surface area contributed by atoms with Crippen molar-refractivity contribution in [2.45, 2.75) is 0 Å². The van der Waals surface area contributed by atoms with Crippen LogP contribution in [0.15, 0.2) is 95.2 Å². The predicted molar refractivity (Wildman–Crippen MR) is 125 cm³/mol. The lowest BCUT2D eigenvalue weighted by atomic mass is 10.1. The molecule has 6 rings (SSSR count). The Morgan fingerprint density at radius 1 is 0.467 bits per heavy atom. The fourth-order valence-electron chi connectivity index (χ4n) is 4.55. The molecule has 4 nitrogen and oxygen atoms in total. The van der Waals surface area contributed by atoms with Crippen LogP contribution in [-0.4, -0.2) is 9.13 Å². The number of fused-ring (bicyclic) bond motifs is 6. The average Bonchev–Trinajstić information content (AvgIpc) is 3.24. The zero-order valence-corrected chi connectivity index (χ0v) is 16.9. The third kappa shape index (κ3) is 2.40. The molecule has 0 N–H and O–H groups in total. The van der Waals surface area contributed by atoms with Gasteiger partial charge in [0.05, 0.1) is 11.4 Å². The molecule has 2 aromatic heterocycles. The molecule has 0 aliphatic heterocycles. The van der Waals surface area contributed by atoms with E-state index in [1.165, 1.54) is 43.6 Å². The van der Waals surface area contributed by atoms with Crippen LogP contribution in [0.5, 0.6) is 0 Å². The Morgan fingerprint density at radius 2 is 0.867 bits per heavy atom. The molecule has 0 spiro atoms. The lowest BCUT2D eigenvalue weighted by molar-refractivity contribution is 1.01. The molecule has 4 aromatic carbocycles. The van der Waals surface area contributed by atoms with E-state index in [1.807, 2.05) is 12.1 Å². The fourth-order valence-corrected chi connectivity index (χ4v) is 4.55. The van der Waals surface area contributed by atoms with Crippen molar-refractivity contribution in [2.75, 3.05) is 0 Å². The number of para-hydroxylation sites is 2. The Morgan fingerprint density at radius 3 is 1.33 bits per heavy atom. The summed E-state index contributed by atoms with van der Waals surface area (Å²) in [6.45, 7) is 0. The van der Waals surface area contributed by atoms with Crippen molar-refractivity contribution < 1.29 is 0 Å². The topological polar surface area (TPSA) is 34.6 Å². The van der Waals surface area contributed by atoms with Gasteiger partial charge >= 0.3 is 0 Å². The molecule has 0 unspecified atom stereocenters. The van der Waals surface area contributed by atoms with Crippen molar-refractivity contribution in [1.82, 2.24) is 9.13 Å². The summed E-state index contributed by atoms with van der Waals surface area (Å²) in [4.78, 5) is 0. The quantitative estimate of drug-likeness (QED) is 0.277. The Hall–Kier alpha value is -3.92. The van der Waals surface area contributed by atoms with Gasteiger partial charge < -0.3 is 9.13 Å². The summed E-state index contributed by atoms with van der Waals surface area (Å²) >= 11 is 0. The maximum Gasteiger partial charge on any atom is 0.0864 e. The van der Waals surface area contributed by atoms with Crippen LogP contribution < -0.4 is 0 Å². The third-order valence-electron chi connectivity index (χ3n) is 6.08. The number of azo groups is 1. The van der Waals surface area contributed by atoms with Crippen LogP contribution in [0.4, 0.5) is 11.4 Å². The molecule has 2 heterocycles. The second kappa shape index (κ2) is 6.29. The Kier molecular flexibility index (Phi) is 3.56. The van der Waals surface area contributed by atoms with Crippen molar-refractivity contribution in [2.24, 2.45) is 24.3 Å². The molecular weight excluding hydrogens is 368 g/mol. The molecule has 0 bridgehead atoms. The number of aryl methyl sites for hydroxylation is 2. The third-order valence-corrected chi connectivity index (χ3v) is 6.08. The number of hydrogen-bond donors (Lipinski definition) is 0.